The number of nitrogens with zero attached hydrogens (tertiary/aromatic N) is 1. The summed E-state index contributed by atoms with van der Waals surface area (Å²) in [4.78, 5) is 12.7. The largest absolute Gasteiger partial charge is 0.312 e. The van der Waals surface area contributed by atoms with E-state index >= 15 is 0 Å². The van der Waals surface area contributed by atoms with E-state index in [0.717, 1.165) is 37.9 Å². The van der Waals surface area contributed by atoms with Gasteiger partial charge in [0.1, 0.15) is 0 Å². The second-order valence-corrected chi connectivity index (χ2v) is 6.33. The molecular formula is C17H28N2O. The molecule has 0 saturated heterocycles. The summed E-state index contributed by atoms with van der Waals surface area (Å²) in [5, 5.41) is 3.37. The number of pyridine rings is 1. The molecule has 1 aliphatic carbocycles. The Balaban J connectivity index is 2.35. The summed E-state index contributed by atoms with van der Waals surface area (Å²) in [6.45, 7) is 9.05. The Hall–Kier alpha value is -1.09. The van der Waals surface area contributed by atoms with Crippen LogP contribution in [-0.4, -0.2) is 11.1 Å². The van der Waals surface area contributed by atoms with Crippen molar-refractivity contribution in [2.24, 2.45) is 5.92 Å². The van der Waals surface area contributed by atoms with Gasteiger partial charge in [0.15, 0.2) is 0 Å². The number of fused-ring (bicyclic) bond motifs is 1. The zero-order valence-corrected chi connectivity index (χ0v) is 13.2. The van der Waals surface area contributed by atoms with Gasteiger partial charge in [-0.3, -0.25) is 4.79 Å². The lowest BCUT2D eigenvalue weighted by Gasteiger charge is -2.23. The average Bonchev–Trinajstić information content (AvgIpc) is 2.43. The van der Waals surface area contributed by atoms with Crippen LogP contribution in [0.2, 0.25) is 0 Å². The molecule has 1 heterocycles. The van der Waals surface area contributed by atoms with Crippen molar-refractivity contribution in [1.82, 2.24) is 9.88 Å². The van der Waals surface area contributed by atoms with Crippen LogP contribution in [0.25, 0.3) is 0 Å². The molecule has 3 heteroatoms. The number of hydrogen-bond acceptors (Lipinski definition) is 2. The molecule has 0 spiro atoms. The lowest BCUT2D eigenvalue weighted by atomic mass is 9.94. The van der Waals surface area contributed by atoms with E-state index in [1.54, 1.807) is 0 Å². The third-order valence-electron chi connectivity index (χ3n) is 3.96. The molecule has 20 heavy (non-hydrogen) atoms. The van der Waals surface area contributed by atoms with Crippen LogP contribution in [0.3, 0.4) is 0 Å². The van der Waals surface area contributed by atoms with E-state index in [0.29, 0.717) is 12.5 Å². The molecule has 0 bridgehead atoms. The van der Waals surface area contributed by atoms with E-state index in [1.807, 2.05) is 0 Å². The molecule has 0 atom stereocenters. The van der Waals surface area contributed by atoms with Crippen LogP contribution in [0.5, 0.6) is 0 Å². The normalized spacial score (nSPS) is 14.6. The van der Waals surface area contributed by atoms with Crippen molar-refractivity contribution in [2.75, 3.05) is 6.54 Å². The summed E-state index contributed by atoms with van der Waals surface area (Å²) >= 11 is 0. The molecule has 0 aliphatic heterocycles. The van der Waals surface area contributed by atoms with Gasteiger partial charge in [0.05, 0.1) is 0 Å². The maximum atomic E-state index is 12.7. The fraction of sp³-hybridized carbons (Fsp3) is 0.706. The lowest BCUT2D eigenvalue weighted by Crippen LogP contribution is -2.33. The molecule has 0 amide bonds. The molecule has 2 rings (SSSR count). The summed E-state index contributed by atoms with van der Waals surface area (Å²) in [7, 11) is 0. The first-order valence-corrected chi connectivity index (χ1v) is 8.08. The quantitative estimate of drug-likeness (QED) is 0.811. The minimum absolute atomic E-state index is 0.225. The number of rotatable bonds is 6. The first-order valence-electron chi connectivity index (χ1n) is 8.08. The summed E-state index contributed by atoms with van der Waals surface area (Å²) in [6, 6.07) is 2.16. The van der Waals surface area contributed by atoms with Gasteiger partial charge in [-0.15, -0.1) is 0 Å². The van der Waals surface area contributed by atoms with Crippen LogP contribution in [-0.2, 0) is 25.9 Å². The summed E-state index contributed by atoms with van der Waals surface area (Å²) in [6.07, 6.45) is 5.78. The molecule has 1 N–H and O–H groups in total. The minimum atomic E-state index is 0.225. The van der Waals surface area contributed by atoms with Crippen LogP contribution >= 0.6 is 0 Å². The maximum Gasteiger partial charge on any atom is 0.255 e. The molecule has 112 valence electrons. The summed E-state index contributed by atoms with van der Waals surface area (Å²) in [5.74, 6) is 0.512. The van der Waals surface area contributed by atoms with Crippen molar-refractivity contribution < 1.29 is 0 Å². The lowest BCUT2D eigenvalue weighted by molar-refractivity contribution is 0.476. The molecule has 3 nitrogen and oxygen atoms in total. The molecule has 0 radical (unpaired) electrons. The molecule has 0 saturated carbocycles. The second-order valence-electron chi connectivity index (χ2n) is 6.33. The van der Waals surface area contributed by atoms with E-state index in [2.05, 4.69) is 36.7 Å². The van der Waals surface area contributed by atoms with E-state index < -0.39 is 0 Å². The Morgan fingerprint density at radius 2 is 2.05 bits per heavy atom. The van der Waals surface area contributed by atoms with Gasteiger partial charge >= 0.3 is 0 Å². The molecular weight excluding hydrogens is 248 g/mol. The van der Waals surface area contributed by atoms with Gasteiger partial charge in [-0.2, -0.15) is 0 Å². The van der Waals surface area contributed by atoms with E-state index in [9.17, 15) is 4.79 Å². The van der Waals surface area contributed by atoms with Gasteiger partial charge in [0, 0.05) is 24.3 Å². The van der Waals surface area contributed by atoms with Crippen molar-refractivity contribution in [1.29, 1.82) is 0 Å². The van der Waals surface area contributed by atoms with Crippen molar-refractivity contribution in [2.45, 2.75) is 66.0 Å². The van der Waals surface area contributed by atoms with Crippen molar-refractivity contribution in [3.05, 3.63) is 33.2 Å². The fourth-order valence-electron chi connectivity index (χ4n) is 3.03. The van der Waals surface area contributed by atoms with Gasteiger partial charge in [0.2, 0.25) is 0 Å². The number of aryl methyl sites for hydroxylation is 1. The van der Waals surface area contributed by atoms with Gasteiger partial charge < -0.3 is 9.88 Å². The third-order valence-corrected chi connectivity index (χ3v) is 3.96. The Kier molecular flexibility index (Phi) is 5.41. The highest BCUT2D eigenvalue weighted by Crippen LogP contribution is 2.21. The van der Waals surface area contributed by atoms with Gasteiger partial charge in [-0.1, -0.05) is 20.8 Å². The Labute approximate surface area is 122 Å². The molecule has 1 aromatic heterocycles. The number of nitrogens with one attached hydrogen (secondary N) is 1. The zero-order chi connectivity index (χ0) is 14.5. The van der Waals surface area contributed by atoms with Crippen LogP contribution in [0.4, 0.5) is 0 Å². The number of aromatic nitrogens is 1. The van der Waals surface area contributed by atoms with Crippen molar-refractivity contribution >= 4 is 0 Å². The molecule has 0 unspecified atom stereocenters. The van der Waals surface area contributed by atoms with Gasteiger partial charge in [-0.05, 0) is 56.2 Å². The maximum absolute atomic E-state index is 12.7. The Morgan fingerprint density at radius 3 is 2.75 bits per heavy atom. The molecule has 1 aliphatic rings. The topological polar surface area (TPSA) is 34.0 Å². The summed E-state index contributed by atoms with van der Waals surface area (Å²) < 4.78 is 2.06. The van der Waals surface area contributed by atoms with Crippen LogP contribution < -0.4 is 10.9 Å². The van der Waals surface area contributed by atoms with Crippen LogP contribution in [0.1, 0.15) is 56.9 Å². The first-order chi connectivity index (χ1) is 9.63. The minimum Gasteiger partial charge on any atom is -0.312 e. The molecule has 0 fully saturated rings. The number of hydrogen-bond donors (Lipinski definition) is 1. The average molecular weight is 276 g/mol. The molecule has 0 aromatic carbocycles. The summed E-state index contributed by atoms with van der Waals surface area (Å²) in [5.41, 5.74) is 3.88. The smallest absolute Gasteiger partial charge is 0.255 e. The Bertz CT molecular complexity index is 502. The second kappa shape index (κ2) is 7.07. The third kappa shape index (κ3) is 3.51. The molecule has 1 aromatic rings. The Morgan fingerprint density at radius 1 is 1.30 bits per heavy atom. The predicted molar refractivity (Wildman–Crippen MR) is 84.2 cm³/mol. The predicted octanol–water partition coefficient (Wildman–Crippen LogP) is 2.88. The van der Waals surface area contributed by atoms with Crippen molar-refractivity contribution in [3.63, 3.8) is 0 Å². The SMILES string of the molecule is CCCNCc1cc2c(n(CC(C)C)c1=O)CCCC2. The highest BCUT2D eigenvalue weighted by molar-refractivity contribution is 5.29. The van der Waals surface area contributed by atoms with E-state index in [-0.39, 0.29) is 5.56 Å². The van der Waals surface area contributed by atoms with Crippen LogP contribution in [0, 0.1) is 5.92 Å². The van der Waals surface area contributed by atoms with E-state index in [1.165, 1.54) is 24.1 Å². The monoisotopic (exact) mass is 276 g/mol. The fourth-order valence-corrected chi connectivity index (χ4v) is 3.03. The zero-order valence-electron chi connectivity index (χ0n) is 13.2. The highest BCUT2D eigenvalue weighted by atomic mass is 16.1. The van der Waals surface area contributed by atoms with Gasteiger partial charge in [0.25, 0.3) is 5.56 Å². The van der Waals surface area contributed by atoms with E-state index in [4.69, 9.17) is 0 Å². The van der Waals surface area contributed by atoms with Crippen molar-refractivity contribution in [3.8, 4) is 0 Å². The standard InChI is InChI=1S/C17H28N2O/c1-4-9-18-11-15-10-14-7-5-6-8-16(14)19(17(15)20)12-13(2)3/h10,13,18H,4-9,11-12H2,1-3H3. The van der Waals surface area contributed by atoms with Crippen LogP contribution in [0.15, 0.2) is 10.9 Å². The first kappa shape index (κ1) is 15.3. The highest BCUT2D eigenvalue weighted by Gasteiger charge is 2.17. The van der Waals surface area contributed by atoms with Gasteiger partial charge in [-0.25, -0.2) is 0 Å².